The van der Waals surface area contributed by atoms with Crippen LogP contribution in [0.5, 0.6) is 0 Å². The molecular weight excluding hydrogens is 254 g/mol. The molecule has 0 saturated carbocycles. The molecule has 0 aliphatic carbocycles. The van der Waals surface area contributed by atoms with Gasteiger partial charge in [0.1, 0.15) is 6.29 Å². The Hall–Kier alpha value is -1.84. The molecule has 1 heterocycles. The first-order valence-electron chi connectivity index (χ1n) is 7.04. The second-order valence-corrected chi connectivity index (χ2v) is 5.21. The third kappa shape index (κ3) is 3.00. The Labute approximate surface area is 119 Å². The molecule has 1 saturated heterocycles. The van der Waals surface area contributed by atoms with E-state index < -0.39 is 5.92 Å². The molecule has 1 aromatic rings. The molecule has 1 atom stereocenters. The molecule has 1 fully saturated rings. The number of hydrogen-bond donors (Lipinski definition) is 0. The molecule has 4 nitrogen and oxygen atoms in total. The summed E-state index contributed by atoms with van der Waals surface area (Å²) in [6.45, 7) is 4.16. The first kappa shape index (κ1) is 14.6. The van der Waals surface area contributed by atoms with E-state index in [1.54, 1.807) is 0 Å². The van der Waals surface area contributed by atoms with Gasteiger partial charge in [0, 0.05) is 25.2 Å². The first-order valence-corrected chi connectivity index (χ1v) is 7.04. The molecule has 4 heteroatoms. The van der Waals surface area contributed by atoms with Gasteiger partial charge in [-0.15, -0.1) is 0 Å². The van der Waals surface area contributed by atoms with Crippen molar-refractivity contribution in [3.8, 4) is 0 Å². The topological polar surface area (TPSA) is 46.6 Å². The van der Waals surface area contributed by atoms with Gasteiger partial charge in [0.15, 0.2) is 0 Å². The van der Waals surface area contributed by atoms with Crippen LogP contribution in [0.4, 0.5) is 5.69 Å². The molecule has 0 bridgehead atoms. The summed E-state index contributed by atoms with van der Waals surface area (Å²) in [6, 6.07) is 6.09. The van der Waals surface area contributed by atoms with Crippen molar-refractivity contribution in [2.24, 2.45) is 0 Å². The van der Waals surface area contributed by atoms with Gasteiger partial charge in [-0.25, -0.2) is 0 Å². The molecule has 1 aromatic carbocycles. The fourth-order valence-corrected chi connectivity index (χ4v) is 2.81. The van der Waals surface area contributed by atoms with Crippen molar-refractivity contribution in [3.63, 3.8) is 0 Å². The summed E-state index contributed by atoms with van der Waals surface area (Å²) >= 11 is 0. The lowest BCUT2D eigenvalue weighted by Crippen LogP contribution is -2.19. The van der Waals surface area contributed by atoms with E-state index in [0.29, 0.717) is 0 Å². The van der Waals surface area contributed by atoms with Crippen LogP contribution in [0.1, 0.15) is 36.3 Å². The number of ether oxygens (including phenoxy) is 1. The zero-order chi connectivity index (χ0) is 14.5. The van der Waals surface area contributed by atoms with Crippen LogP contribution in [0.15, 0.2) is 18.2 Å². The number of carbonyl (C=O) groups excluding carboxylic acids is 2. The number of hydrogen-bond acceptors (Lipinski definition) is 4. The number of methoxy groups -OCH3 is 1. The van der Waals surface area contributed by atoms with Gasteiger partial charge in [-0.2, -0.15) is 0 Å². The zero-order valence-electron chi connectivity index (χ0n) is 12.1. The summed E-state index contributed by atoms with van der Waals surface area (Å²) in [4.78, 5) is 24.9. The van der Waals surface area contributed by atoms with Crippen LogP contribution in [0.2, 0.25) is 0 Å². The number of rotatable bonds is 5. The van der Waals surface area contributed by atoms with Gasteiger partial charge in [0.05, 0.1) is 13.0 Å². The molecule has 1 aliphatic heterocycles. The lowest BCUT2D eigenvalue weighted by atomic mass is 9.92. The average molecular weight is 275 g/mol. The van der Waals surface area contributed by atoms with E-state index in [0.717, 1.165) is 30.5 Å². The molecule has 0 unspecified atom stereocenters. The van der Waals surface area contributed by atoms with E-state index in [4.69, 9.17) is 4.74 Å². The zero-order valence-corrected chi connectivity index (χ0v) is 12.1. The minimum absolute atomic E-state index is 0.163. The Morgan fingerprint density at radius 2 is 2.10 bits per heavy atom. The van der Waals surface area contributed by atoms with Gasteiger partial charge in [0.2, 0.25) is 0 Å². The number of aldehydes is 1. The van der Waals surface area contributed by atoms with E-state index in [-0.39, 0.29) is 12.4 Å². The molecule has 0 aromatic heterocycles. The highest BCUT2D eigenvalue weighted by molar-refractivity contribution is 5.81. The van der Waals surface area contributed by atoms with E-state index in [1.807, 2.05) is 19.1 Å². The molecular formula is C16H21NO3. The predicted octanol–water partition coefficient (Wildman–Crippen LogP) is 2.44. The standard InChI is InChI=1S/C16H21NO3/c1-12-11-13(17-8-3-4-9-17)5-6-14(12)15(7-10-18)16(19)20-2/h5-6,10-11,15H,3-4,7-9H2,1-2H3/t15-/m1/s1. The second-order valence-electron chi connectivity index (χ2n) is 5.21. The van der Waals surface area contributed by atoms with Crippen molar-refractivity contribution in [1.29, 1.82) is 0 Å². The van der Waals surface area contributed by atoms with E-state index in [9.17, 15) is 9.59 Å². The van der Waals surface area contributed by atoms with Crippen LogP contribution in [0, 0.1) is 6.92 Å². The van der Waals surface area contributed by atoms with Crippen molar-refractivity contribution in [1.82, 2.24) is 0 Å². The normalized spacial score (nSPS) is 16.0. The quantitative estimate of drug-likeness (QED) is 0.611. The van der Waals surface area contributed by atoms with Crippen molar-refractivity contribution < 1.29 is 14.3 Å². The summed E-state index contributed by atoms with van der Waals surface area (Å²) in [5, 5.41) is 0. The predicted molar refractivity (Wildman–Crippen MR) is 78.1 cm³/mol. The number of anilines is 1. The van der Waals surface area contributed by atoms with Crippen LogP contribution < -0.4 is 4.90 Å². The maximum absolute atomic E-state index is 11.8. The van der Waals surface area contributed by atoms with E-state index in [1.165, 1.54) is 25.6 Å². The van der Waals surface area contributed by atoms with Gasteiger partial charge in [0.25, 0.3) is 0 Å². The Bertz CT molecular complexity index is 492. The number of esters is 1. The number of carbonyl (C=O) groups is 2. The molecule has 108 valence electrons. The monoisotopic (exact) mass is 275 g/mol. The van der Waals surface area contributed by atoms with Crippen LogP contribution in [-0.4, -0.2) is 32.5 Å². The summed E-state index contributed by atoms with van der Waals surface area (Å²) in [5.41, 5.74) is 3.11. The van der Waals surface area contributed by atoms with Gasteiger partial charge < -0.3 is 14.4 Å². The third-order valence-electron chi connectivity index (χ3n) is 3.92. The lowest BCUT2D eigenvalue weighted by molar-refractivity contribution is -0.143. The minimum atomic E-state index is -0.495. The van der Waals surface area contributed by atoms with E-state index >= 15 is 0 Å². The van der Waals surface area contributed by atoms with Crippen molar-refractivity contribution in [2.45, 2.75) is 32.1 Å². The van der Waals surface area contributed by atoms with Crippen LogP contribution >= 0.6 is 0 Å². The fourth-order valence-electron chi connectivity index (χ4n) is 2.81. The van der Waals surface area contributed by atoms with Gasteiger partial charge in [-0.3, -0.25) is 4.79 Å². The highest BCUT2D eigenvalue weighted by atomic mass is 16.5. The highest BCUT2D eigenvalue weighted by Crippen LogP contribution is 2.29. The summed E-state index contributed by atoms with van der Waals surface area (Å²) in [7, 11) is 1.36. The Kier molecular flexibility index (Phi) is 4.77. The number of nitrogens with zero attached hydrogens (tertiary/aromatic N) is 1. The SMILES string of the molecule is COC(=O)[C@H](CC=O)c1ccc(N2CCCC2)cc1C. The Morgan fingerprint density at radius 3 is 2.65 bits per heavy atom. The van der Waals surface area contributed by atoms with Gasteiger partial charge >= 0.3 is 5.97 Å². The summed E-state index contributed by atoms with van der Waals surface area (Å²) in [5.74, 6) is -0.848. The van der Waals surface area contributed by atoms with Gasteiger partial charge in [-0.1, -0.05) is 6.07 Å². The summed E-state index contributed by atoms with van der Waals surface area (Å²) < 4.78 is 4.80. The maximum Gasteiger partial charge on any atom is 0.313 e. The molecule has 0 radical (unpaired) electrons. The number of aryl methyl sites for hydroxylation is 1. The third-order valence-corrected chi connectivity index (χ3v) is 3.92. The number of benzene rings is 1. The molecule has 0 spiro atoms. The van der Waals surface area contributed by atoms with Crippen molar-refractivity contribution in [3.05, 3.63) is 29.3 Å². The molecule has 0 amide bonds. The lowest BCUT2D eigenvalue weighted by Gasteiger charge is -2.21. The highest BCUT2D eigenvalue weighted by Gasteiger charge is 2.23. The molecule has 0 N–H and O–H groups in total. The molecule has 2 rings (SSSR count). The summed E-state index contributed by atoms with van der Waals surface area (Å²) in [6.07, 6.45) is 3.40. The Morgan fingerprint density at radius 1 is 1.40 bits per heavy atom. The largest absolute Gasteiger partial charge is 0.469 e. The van der Waals surface area contributed by atoms with Crippen LogP contribution in [0.25, 0.3) is 0 Å². The molecule has 1 aliphatic rings. The van der Waals surface area contributed by atoms with Crippen LogP contribution in [-0.2, 0) is 14.3 Å². The van der Waals surface area contributed by atoms with Crippen molar-refractivity contribution in [2.75, 3.05) is 25.1 Å². The maximum atomic E-state index is 11.8. The van der Waals surface area contributed by atoms with Crippen molar-refractivity contribution >= 4 is 17.9 Å². The smallest absolute Gasteiger partial charge is 0.313 e. The first-order chi connectivity index (χ1) is 9.67. The minimum Gasteiger partial charge on any atom is -0.469 e. The van der Waals surface area contributed by atoms with Gasteiger partial charge in [-0.05, 0) is 43.0 Å². The molecule has 20 heavy (non-hydrogen) atoms. The van der Waals surface area contributed by atoms with Crippen LogP contribution in [0.3, 0.4) is 0 Å². The Balaban J connectivity index is 2.26. The van der Waals surface area contributed by atoms with E-state index in [2.05, 4.69) is 11.0 Å². The average Bonchev–Trinajstić information content (AvgIpc) is 2.98. The fraction of sp³-hybridized carbons (Fsp3) is 0.500. The second kappa shape index (κ2) is 6.55.